The molecule has 0 saturated heterocycles. The number of aromatic nitrogens is 4. The van der Waals surface area contributed by atoms with Crippen molar-refractivity contribution in [2.45, 2.75) is 51.7 Å². The Labute approximate surface area is 208 Å². The summed E-state index contributed by atoms with van der Waals surface area (Å²) >= 11 is 0. The number of allylic oxidation sites excluding steroid dienone is 1. The summed E-state index contributed by atoms with van der Waals surface area (Å²) in [5, 5.41) is 7.82. The lowest BCUT2D eigenvalue weighted by Gasteiger charge is -2.27. The van der Waals surface area contributed by atoms with E-state index in [1.54, 1.807) is 44.6 Å². The molecule has 3 N–H and O–H groups in total. The number of benzene rings is 1. The van der Waals surface area contributed by atoms with Crippen LogP contribution in [-0.2, 0) is 0 Å². The summed E-state index contributed by atoms with van der Waals surface area (Å²) in [6.07, 6.45) is 8.79. The number of hydrogen-bond donors (Lipinski definition) is 2. The Bertz CT molecular complexity index is 1420. The predicted octanol–water partition coefficient (Wildman–Crippen LogP) is 5.75. The van der Waals surface area contributed by atoms with Gasteiger partial charge in [-0.2, -0.15) is 9.61 Å². The fourth-order valence-electron chi connectivity index (χ4n) is 4.76. The van der Waals surface area contributed by atoms with Crippen LogP contribution in [0, 0.1) is 11.6 Å². The van der Waals surface area contributed by atoms with Gasteiger partial charge < -0.3 is 15.8 Å². The smallest absolute Gasteiger partial charge is 0.229 e. The van der Waals surface area contributed by atoms with E-state index in [1.807, 2.05) is 6.07 Å². The number of pyridine rings is 1. The van der Waals surface area contributed by atoms with E-state index in [1.165, 1.54) is 22.2 Å². The molecule has 1 aliphatic rings. The zero-order valence-electron chi connectivity index (χ0n) is 20.4. The van der Waals surface area contributed by atoms with Gasteiger partial charge in [0.1, 0.15) is 17.4 Å². The highest BCUT2D eigenvalue weighted by molar-refractivity contribution is 5.66. The molecule has 7 nitrogen and oxygen atoms in total. The molecule has 0 bridgehead atoms. The number of fused-ring (bicyclic) bond motifs is 1. The van der Waals surface area contributed by atoms with Crippen LogP contribution in [0.5, 0.6) is 5.75 Å². The van der Waals surface area contributed by atoms with Crippen molar-refractivity contribution >= 4 is 17.2 Å². The normalized spacial score (nSPS) is 17.9. The SMILES string of the molecule is CC1=C[C@H](N)C[C@H](c2ccncc2Nc2ncc3ccc(-c4c(F)cc(OC(C)C)cc4F)nn23)C1. The highest BCUT2D eigenvalue weighted by Crippen LogP contribution is 2.37. The maximum Gasteiger partial charge on any atom is 0.229 e. The molecule has 2 atom stereocenters. The molecule has 0 spiro atoms. The molecule has 1 aromatic carbocycles. The second kappa shape index (κ2) is 9.66. The monoisotopic (exact) mass is 490 g/mol. The lowest BCUT2D eigenvalue weighted by molar-refractivity contribution is 0.240. The Morgan fingerprint density at radius 2 is 1.92 bits per heavy atom. The van der Waals surface area contributed by atoms with Gasteiger partial charge >= 0.3 is 0 Å². The molecular formula is C27H28F2N6O. The van der Waals surface area contributed by atoms with Crippen LogP contribution in [0.4, 0.5) is 20.4 Å². The third kappa shape index (κ3) is 4.79. The Morgan fingerprint density at radius 3 is 2.64 bits per heavy atom. The molecule has 4 aromatic rings. The number of nitrogens with two attached hydrogens (primary N) is 1. The summed E-state index contributed by atoms with van der Waals surface area (Å²) in [5.74, 6) is -0.724. The van der Waals surface area contributed by atoms with Crippen LogP contribution in [-0.4, -0.2) is 31.7 Å². The standard InChI is InChI=1S/C27H28F2N6O/c1-15(2)36-20-11-22(28)26(23(29)12-20)24-5-4-19-13-32-27(35(19)34-24)33-25-14-31-7-6-21(25)17-8-16(3)9-18(30)10-17/h4-7,9,11-15,17-18H,8,10,30H2,1-3H3,(H,32,33)/t17-,18+/m1/s1. The van der Waals surface area contributed by atoms with Crippen molar-refractivity contribution in [2.24, 2.45) is 5.73 Å². The van der Waals surface area contributed by atoms with E-state index in [9.17, 15) is 8.78 Å². The molecule has 186 valence electrons. The highest BCUT2D eigenvalue weighted by Gasteiger charge is 2.23. The minimum atomic E-state index is -0.751. The van der Waals surface area contributed by atoms with Crippen LogP contribution in [0.15, 0.2) is 60.6 Å². The summed E-state index contributed by atoms with van der Waals surface area (Å²) in [4.78, 5) is 8.73. The Morgan fingerprint density at radius 1 is 1.14 bits per heavy atom. The molecule has 0 fully saturated rings. The molecule has 5 rings (SSSR count). The summed E-state index contributed by atoms with van der Waals surface area (Å²) in [5.41, 5.74) is 9.94. The maximum absolute atomic E-state index is 14.9. The number of hydrogen-bond acceptors (Lipinski definition) is 6. The largest absolute Gasteiger partial charge is 0.491 e. The van der Waals surface area contributed by atoms with Gasteiger partial charge in [0.05, 0.1) is 41.0 Å². The van der Waals surface area contributed by atoms with Crippen molar-refractivity contribution in [1.29, 1.82) is 0 Å². The molecule has 3 heterocycles. The highest BCUT2D eigenvalue weighted by atomic mass is 19.1. The fraction of sp³-hybridized carbons (Fsp3) is 0.296. The van der Waals surface area contributed by atoms with Crippen LogP contribution in [0.2, 0.25) is 0 Å². The van der Waals surface area contributed by atoms with E-state index < -0.39 is 11.6 Å². The Kier molecular flexibility index (Phi) is 6.40. The Hall–Kier alpha value is -3.85. The van der Waals surface area contributed by atoms with Crippen molar-refractivity contribution in [1.82, 2.24) is 19.6 Å². The van der Waals surface area contributed by atoms with Crippen molar-refractivity contribution < 1.29 is 13.5 Å². The van der Waals surface area contributed by atoms with Crippen molar-refractivity contribution in [2.75, 3.05) is 5.32 Å². The fourth-order valence-corrected chi connectivity index (χ4v) is 4.76. The van der Waals surface area contributed by atoms with Crippen LogP contribution in [0.1, 0.15) is 45.1 Å². The van der Waals surface area contributed by atoms with E-state index in [-0.39, 0.29) is 35.1 Å². The lowest BCUT2D eigenvalue weighted by atomic mass is 9.82. The summed E-state index contributed by atoms with van der Waals surface area (Å²) in [6.45, 7) is 5.68. The summed E-state index contributed by atoms with van der Waals surface area (Å²) in [6, 6.07) is 7.62. The maximum atomic E-state index is 14.9. The van der Waals surface area contributed by atoms with Gasteiger partial charge in [-0.25, -0.2) is 13.8 Å². The number of anilines is 2. The molecule has 0 aliphatic heterocycles. The first kappa shape index (κ1) is 23.9. The minimum Gasteiger partial charge on any atom is -0.491 e. The van der Waals surface area contributed by atoms with E-state index in [4.69, 9.17) is 10.5 Å². The van der Waals surface area contributed by atoms with E-state index >= 15 is 0 Å². The predicted molar refractivity (Wildman–Crippen MR) is 135 cm³/mol. The second-order valence-electron chi connectivity index (χ2n) is 9.47. The molecule has 0 unspecified atom stereocenters. The first-order valence-corrected chi connectivity index (χ1v) is 11.9. The van der Waals surface area contributed by atoms with Gasteiger partial charge in [0.2, 0.25) is 5.95 Å². The van der Waals surface area contributed by atoms with Crippen LogP contribution in [0.25, 0.3) is 16.8 Å². The van der Waals surface area contributed by atoms with Gasteiger partial charge in [-0.15, -0.1) is 0 Å². The van der Waals surface area contributed by atoms with Gasteiger partial charge in [-0.05, 0) is 63.3 Å². The third-order valence-electron chi connectivity index (χ3n) is 6.19. The zero-order chi connectivity index (χ0) is 25.4. The summed E-state index contributed by atoms with van der Waals surface area (Å²) < 4.78 is 36.8. The molecule has 0 amide bonds. The van der Waals surface area contributed by atoms with Crippen LogP contribution < -0.4 is 15.8 Å². The lowest BCUT2D eigenvalue weighted by Crippen LogP contribution is -2.25. The number of nitrogens with zero attached hydrogens (tertiary/aromatic N) is 4. The van der Waals surface area contributed by atoms with E-state index in [0.717, 1.165) is 24.1 Å². The minimum absolute atomic E-state index is 0.00312. The van der Waals surface area contributed by atoms with Gasteiger partial charge in [0.15, 0.2) is 0 Å². The molecule has 1 aliphatic carbocycles. The van der Waals surface area contributed by atoms with Crippen LogP contribution >= 0.6 is 0 Å². The van der Waals surface area contributed by atoms with Crippen LogP contribution in [0.3, 0.4) is 0 Å². The van der Waals surface area contributed by atoms with Gasteiger partial charge in [0.25, 0.3) is 0 Å². The topological polar surface area (TPSA) is 90.4 Å². The molecular weight excluding hydrogens is 462 g/mol. The van der Waals surface area contributed by atoms with Gasteiger partial charge in [-0.3, -0.25) is 4.98 Å². The zero-order valence-corrected chi connectivity index (χ0v) is 20.4. The second-order valence-corrected chi connectivity index (χ2v) is 9.47. The number of rotatable bonds is 6. The van der Waals surface area contributed by atoms with Gasteiger partial charge in [-0.1, -0.05) is 11.6 Å². The molecule has 36 heavy (non-hydrogen) atoms. The first-order valence-electron chi connectivity index (χ1n) is 11.9. The Balaban J connectivity index is 1.50. The molecule has 0 saturated carbocycles. The molecule has 9 heteroatoms. The molecule has 0 radical (unpaired) electrons. The average molecular weight is 491 g/mol. The first-order chi connectivity index (χ1) is 17.3. The van der Waals surface area contributed by atoms with Crippen molar-refractivity contribution in [3.63, 3.8) is 0 Å². The number of imidazole rings is 1. The number of halogens is 2. The van der Waals surface area contributed by atoms with Crippen molar-refractivity contribution in [3.05, 3.63) is 77.8 Å². The van der Waals surface area contributed by atoms with Crippen molar-refractivity contribution in [3.8, 4) is 17.0 Å². The quantitative estimate of drug-likeness (QED) is 0.335. The number of nitrogens with one attached hydrogen (secondary N) is 1. The van der Waals surface area contributed by atoms with E-state index in [0.29, 0.717) is 11.5 Å². The summed E-state index contributed by atoms with van der Waals surface area (Å²) in [7, 11) is 0. The van der Waals surface area contributed by atoms with E-state index in [2.05, 4.69) is 33.4 Å². The number of ether oxygens (including phenoxy) is 1. The third-order valence-corrected chi connectivity index (χ3v) is 6.19. The molecule has 3 aromatic heterocycles. The average Bonchev–Trinajstić information content (AvgIpc) is 3.20. The van der Waals surface area contributed by atoms with Gasteiger partial charge in [0, 0.05) is 24.4 Å².